The third-order valence-electron chi connectivity index (χ3n) is 3.89. The molecule has 2 aliphatic rings. The Morgan fingerprint density at radius 3 is 2.70 bits per heavy atom. The maximum atomic E-state index is 12.7. The van der Waals surface area contributed by atoms with E-state index >= 15 is 0 Å². The molecule has 1 aromatic heterocycles. The number of aryl methyl sites for hydroxylation is 2. The lowest BCUT2D eigenvalue weighted by Gasteiger charge is -2.38. The third-order valence-corrected chi connectivity index (χ3v) is 5.85. The van der Waals surface area contributed by atoms with E-state index in [1.54, 1.807) is 19.9 Å². The first-order valence-electron chi connectivity index (χ1n) is 6.72. The Labute approximate surface area is 118 Å². The largest absolute Gasteiger partial charge is 0.465 e. The molecular formula is C13H19NO5S. The highest BCUT2D eigenvalue weighted by Gasteiger charge is 2.44. The average molecular weight is 301 g/mol. The summed E-state index contributed by atoms with van der Waals surface area (Å²) in [5.41, 5.74) is -0.474. The topological polar surface area (TPSA) is 69.0 Å². The van der Waals surface area contributed by atoms with Crippen molar-refractivity contribution in [1.82, 2.24) is 4.31 Å². The normalized spacial score (nSPS) is 28.3. The molecule has 0 saturated carbocycles. The Kier molecular flexibility index (Phi) is 3.40. The molecule has 0 aliphatic carbocycles. The van der Waals surface area contributed by atoms with Gasteiger partial charge in [0, 0.05) is 26.1 Å². The predicted molar refractivity (Wildman–Crippen MR) is 71.1 cm³/mol. The highest BCUT2D eigenvalue weighted by Crippen LogP contribution is 2.31. The van der Waals surface area contributed by atoms with E-state index in [4.69, 9.17) is 13.9 Å². The molecule has 3 rings (SSSR count). The van der Waals surface area contributed by atoms with Crippen LogP contribution in [0.3, 0.4) is 0 Å². The second-order valence-electron chi connectivity index (χ2n) is 5.45. The van der Waals surface area contributed by atoms with Gasteiger partial charge in [-0.25, -0.2) is 8.42 Å². The van der Waals surface area contributed by atoms with Crippen molar-refractivity contribution in [2.45, 2.75) is 30.8 Å². The molecule has 0 N–H and O–H groups in total. The van der Waals surface area contributed by atoms with Crippen LogP contribution in [0.25, 0.3) is 0 Å². The zero-order valence-corrected chi connectivity index (χ0v) is 12.5. The molecule has 112 valence electrons. The van der Waals surface area contributed by atoms with Crippen LogP contribution in [-0.4, -0.2) is 51.2 Å². The molecule has 2 aliphatic heterocycles. The standard InChI is InChI=1S/C13H19NO5S/c1-10-7-12(11(2)19-10)20(15,16)14-4-6-18-13(8-14)3-5-17-9-13/h7H,3-6,8-9H2,1-2H3. The van der Waals surface area contributed by atoms with Gasteiger partial charge in [0.2, 0.25) is 10.0 Å². The van der Waals surface area contributed by atoms with E-state index in [0.29, 0.717) is 44.4 Å². The second kappa shape index (κ2) is 4.84. The molecule has 0 amide bonds. The molecule has 6 nitrogen and oxygen atoms in total. The number of rotatable bonds is 2. The van der Waals surface area contributed by atoms with E-state index in [1.807, 2.05) is 0 Å². The van der Waals surface area contributed by atoms with Gasteiger partial charge in [-0.2, -0.15) is 4.31 Å². The van der Waals surface area contributed by atoms with Crippen molar-refractivity contribution in [3.8, 4) is 0 Å². The quantitative estimate of drug-likeness (QED) is 0.817. The molecule has 2 saturated heterocycles. The first-order valence-corrected chi connectivity index (χ1v) is 8.16. The minimum atomic E-state index is -3.53. The van der Waals surface area contributed by atoms with E-state index in [9.17, 15) is 8.42 Å². The van der Waals surface area contributed by atoms with Gasteiger partial charge in [0.25, 0.3) is 0 Å². The third kappa shape index (κ3) is 2.28. The van der Waals surface area contributed by atoms with Crippen molar-refractivity contribution in [2.75, 3.05) is 32.9 Å². The molecule has 1 unspecified atom stereocenters. The fourth-order valence-corrected chi connectivity index (χ4v) is 4.56. The molecule has 20 heavy (non-hydrogen) atoms. The molecule has 7 heteroatoms. The van der Waals surface area contributed by atoms with Crippen molar-refractivity contribution in [2.24, 2.45) is 0 Å². The van der Waals surface area contributed by atoms with Crippen molar-refractivity contribution >= 4 is 10.0 Å². The zero-order chi connectivity index (χ0) is 14.4. The summed E-state index contributed by atoms with van der Waals surface area (Å²) in [6, 6.07) is 1.58. The Morgan fingerprint density at radius 1 is 1.30 bits per heavy atom. The van der Waals surface area contributed by atoms with Crippen LogP contribution in [0, 0.1) is 13.8 Å². The van der Waals surface area contributed by atoms with Gasteiger partial charge in [0.05, 0.1) is 13.2 Å². The van der Waals surface area contributed by atoms with Gasteiger partial charge < -0.3 is 13.9 Å². The summed E-state index contributed by atoms with van der Waals surface area (Å²) in [5.74, 6) is 1.04. The van der Waals surface area contributed by atoms with Gasteiger partial charge in [0.15, 0.2) is 0 Å². The van der Waals surface area contributed by atoms with Gasteiger partial charge in [-0.1, -0.05) is 0 Å². The smallest absolute Gasteiger partial charge is 0.246 e. The molecule has 2 fully saturated rings. The van der Waals surface area contributed by atoms with Crippen LogP contribution in [-0.2, 0) is 19.5 Å². The summed E-state index contributed by atoms with van der Waals surface area (Å²) < 4.78 is 43.4. The fraction of sp³-hybridized carbons (Fsp3) is 0.692. The van der Waals surface area contributed by atoms with Crippen molar-refractivity contribution < 1.29 is 22.3 Å². The summed E-state index contributed by atoms with van der Waals surface area (Å²) in [4.78, 5) is 0.256. The predicted octanol–water partition coefficient (Wildman–Crippen LogP) is 1.08. The Bertz CT molecular complexity index is 600. The van der Waals surface area contributed by atoms with Crippen molar-refractivity contribution in [1.29, 1.82) is 0 Å². The van der Waals surface area contributed by atoms with E-state index in [0.717, 1.165) is 6.42 Å². The number of morpholine rings is 1. The summed E-state index contributed by atoms with van der Waals surface area (Å²) in [5, 5.41) is 0. The molecule has 0 aromatic carbocycles. The maximum Gasteiger partial charge on any atom is 0.246 e. The number of furan rings is 1. The van der Waals surface area contributed by atoms with Crippen LogP contribution < -0.4 is 0 Å². The minimum absolute atomic E-state index is 0.256. The van der Waals surface area contributed by atoms with Gasteiger partial charge in [-0.15, -0.1) is 0 Å². The number of sulfonamides is 1. The van der Waals surface area contributed by atoms with Gasteiger partial charge in [0.1, 0.15) is 22.0 Å². The minimum Gasteiger partial charge on any atom is -0.465 e. The monoisotopic (exact) mass is 301 g/mol. The molecule has 1 atom stereocenters. The van der Waals surface area contributed by atoms with Crippen LogP contribution in [0.1, 0.15) is 17.9 Å². The molecule has 0 radical (unpaired) electrons. The Morgan fingerprint density at radius 2 is 2.10 bits per heavy atom. The lowest BCUT2D eigenvalue weighted by Crippen LogP contribution is -2.54. The number of hydrogen-bond acceptors (Lipinski definition) is 5. The van der Waals surface area contributed by atoms with Crippen molar-refractivity contribution in [3.63, 3.8) is 0 Å². The van der Waals surface area contributed by atoms with Gasteiger partial charge in [-0.05, 0) is 19.9 Å². The Balaban J connectivity index is 1.89. The van der Waals surface area contributed by atoms with Gasteiger partial charge in [-0.3, -0.25) is 0 Å². The Hall–Kier alpha value is -0.890. The molecule has 3 heterocycles. The van der Waals surface area contributed by atoms with E-state index < -0.39 is 15.6 Å². The van der Waals surface area contributed by atoms with Gasteiger partial charge >= 0.3 is 0 Å². The molecule has 0 bridgehead atoms. The first kappa shape index (κ1) is 14.1. The SMILES string of the molecule is Cc1cc(S(=O)(=O)N2CCOC3(CCOC3)C2)c(C)o1. The fourth-order valence-electron chi connectivity index (χ4n) is 2.84. The number of hydrogen-bond donors (Lipinski definition) is 0. The lowest BCUT2D eigenvalue weighted by molar-refractivity contribution is -0.0897. The van der Waals surface area contributed by atoms with Crippen LogP contribution in [0.2, 0.25) is 0 Å². The summed E-state index contributed by atoms with van der Waals surface area (Å²) in [7, 11) is -3.53. The van der Waals surface area contributed by atoms with E-state index in [-0.39, 0.29) is 4.90 Å². The molecule has 1 aromatic rings. The van der Waals surface area contributed by atoms with Crippen LogP contribution in [0.4, 0.5) is 0 Å². The van der Waals surface area contributed by atoms with E-state index in [2.05, 4.69) is 0 Å². The van der Waals surface area contributed by atoms with Crippen LogP contribution in [0.5, 0.6) is 0 Å². The zero-order valence-electron chi connectivity index (χ0n) is 11.7. The number of ether oxygens (including phenoxy) is 2. The second-order valence-corrected chi connectivity index (χ2v) is 7.36. The lowest BCUT2D eigenvalue weighted by atomic mass is 10.0. The average Bonchev–Trinajstić information content (AvgIpc) is 2.97. The van der Waals surface area contributed by atoms with Crippen LogP contribution >= 0.6 is 0 Å². The molecular weight excluding hydrogens is 282 g/mol. The van der Waals surface area contributed by atoms with Crippen LogP contribution in [0.15, 0.2) is 15.4 Å². The number of nitrogens with zero attached hydrogens (tertiary/aromatic N) is 1. The highest BCUT2D eigenvalue weighted by molar-refractivity contribution is 7.89. The maximum absolute atomic E-state index is 12.7. The summed E-state index contributed by atoms with van der Waals surface area (Å²) in [6.45, 7) is 5.62. The summed E-state index contributed by atoms with van der Waals surface area (Å²) in [6.07, 6.45) is 0.739. The van der Waals surface area contributed by atoms with Crippen molar-refractivity contribution in [3.05, 3.63) is 17.6 Å². The van der Waals surface area contributed by atoms with E-state index in [1.165, 1.54) is 4.31 Å². The first-order chi connectivity index (χ1) is 9.43. The highest BCUT2D eigenvalue weighted by atomic mass is 32.2. The molecule has 1 spiro atoms. The summed E-state index contributed by atoms with van der Waals surface area (Å²) >= 11 is 0.